The van der Waals surface area contributed by atoms with Crippen LogP contribution in [-0.2, 0) is 37.5 Å². The standard InChI is InChI=1S/C42H72NO10P/c1-3-5-7-9-11-13-15-17-19-21-23-25-27-29-31-33-40(44)50-35-38(36-51-54(48,49)52-37-39(43)42(46)47)53-41(45)34-32-30-28-26-24-22-20-18-16-14-12-10-8-6-4-2/h6,8,11-14,17-20,38-39H,3-5,7,9-10,15-16,21-37,43H2,1-2H3,(H,46,47)(H,48,49)/t38-,39+/m1/s1. The third kappa shape index (κ3) is 36.2. The Balaban J connectivity index is 4.47. The highest BCUT2D eigenvalue weighted by molar-refractivity contribution is 7.47. The van der Waals surface area contributed by atoms with Gasteiger partial charge in [-0.25, -0.2) is 4.57 Å². The topological polar surface area (TPSA) is 172 Å². The van der Waals surface area contributed by atoms with Crippen LogP contribution >= 0.6 is 7.82 Å². The molecule has 12 heteroatoms. The van der Waals surface area contributed by atoms with E-state index in [9.17, 15) is 23.8 Å². The van der Waals surface area contributed by atoms with E-state index in [1.54, 1.807) is 0 Å². The van der Waals surface area contributed by atoms with Gasteiger partial charge in [-0.2, -0.15) is 0 Å². The maximum absolute atomic E-state index is 12.6. The largest absolute Gasteiger partial charge is 0.480 e. The van der Waals surface area contributed by atoms with E-state index in [2.05, 4.69) is 79.1 Å². The van der Waals surface area contributed by atoms with Gasteiger partial charge in [-0.3, -0.25) is 23.4 Å². The molecule has 0 aliphatic heterocycles. The molecule has 1 unspecified atom stereocenters. The number of carbonyl (C=O) groups is 3. The molecule has 0 fully saturated rings. The Kier molecular flexibility index (Phi) is 35.2. The fraction of sp³-hybridized carbons (Fsp3) is 0.690. The lowest BCUT2D eigenvalue weighted by Crippen LogP contribution is -2.34. The first kappa shape index (κ1) is 51.2. The van der Waals surface area contributed by atoms with E-state index in [0.717, 1.165) is 96.3 Å². The summed E-state index contributed by atoms with van der Waals surface area (Å²) in [6, 6.07) is -1.53. The molecule has 0 aromatic heterocycles. The molecule has 0 saturated heterocycles. The predicted molar refractivity (Wildman–Crippen MR) is 217 cm³/mol. The van der Waals surface area contributed by atoms with E-state index in [-0.39, 0.29) is 19.4 Å². The molecule has 0 amide bonds. The Bertz CT molecular complexity index is 1150. The third-order valence-electron chi connectivity index (χ3n) is 8.25. The molecule has 0 rings (SSSR count). The Hall–Kier alpha value is -2.82. The van der Waals surface area contributed by atoms with E-state index in [1.807, 2.05) is 0 Å². The van der Waals surface area contributed by atoms with Crippen molar-refractivity contribution in [3.8, 4) is 0 Å². The predicted octanol–water partition coefficient (Wildman–Crippen LogP) is 10.4. The number of hydrogen-bond acceptors (Lipinski definition) is 9. The molecular formula is C42H72NO10P. The van der Waals surface area contributed by atoms with Gasteiger partial charge in [-0.1, -0.05) is 126 Å². The van der Waals surface area contributed by atoms with Crippen LogP contribution in [-0.4, -0.2) is 59.9 Å². The Morgan fingerprint density at radius 1 is 0.593 bits per heavy atom. The lowest BCUT2D eigenvalue weighted by atomic mass is 10.1. The van der Waals surface area contributed by atoms with Crippen LogP contribution in [0.2, 0.25) is 0 Å². The SMILES string of the molecule is CCC=CCC=CCC=CCCCCCCCC(=O)O[C@H](COC(=O)CCCCCCCC=CCC=CCCCCC)COP(=O)(O)OC[C@H](N)C(=O)O. The summed E-state index contributed by atoms with van der Waals surface area (Å²) >= 11 is 0. The van der Waals surface area contributed by atoms with Crippen LogP contribution in [0.4, 0.5) is 0 Å². The molecule has 310 valence electrons. The fourth-order valence-corrected chi connectivity index (χ4v) is 5.83. The zero-order chi connectivity index (χ0) is 40.0. The van der Waals surface area contributed by atoms with Crippen molar-refractivity contribution in [3.63, 3.8) is 0 Å². The molecular weight excluding hydrogens is 709 g/mol. The number of nitrogens with two attached hydrogens (primary N) is 1. The van der Waals surface area contributed by atoms with E-state index in [1.165, 1.54) is 19.3 Å². The van der Waals surface area contributed by atoms with Gasteiger partial charge in [-0.15, -0.1) is 0 Å². The molecule has 0 bridgehead atoms. The van der Waals surface area contributed by atoms with Crippen molar-refractivity contribution in [1.82, 2.24) is 0 Å². The van der Waals surface area contributed by atoms with Gasteiger partial charge in [0.1, 0.15) is 12.6 Å². The summed E-state index contributed by atoms with van der Waals surface area (Å²) in [6.07, 6.45) is 41.4. The number of allylic oxidation sites excluding steroid dienone is 10. The summed E-state index contributed by atoms with van der Waals surface area (Å²) in [5.74, 6) is -2.43. The van der Waals surface area contributed by atoms with Gasteiger partial charge in [0.05, 0.1) is 13.2 Å². The highest BCUT2D eigenvalue weighted by Crippen LogP contribution is 2.43. The number of hydrogen-bond donors (Lipinski definition) is 3. The number of rotatable bonds is 37. The van der Waals surface area contributed by atoms with Crippen molar-refractivity contribution in [2.45, 2.75) is 167 Å². The highest BCUT2D eigenvalue weighted by atomic mass is 31.2. The molecule has 0 radical (unpaired) electrons. The van der Waals surface area contributed by atoms with Gasteiger partial charge >= 0.3 is 25.7 Å². The minimum absolute atomic E-state index is 0.136. The summed E-state index contributed by atoms with van der Waals surface area (Å²) in [5.41, 5.74) is 5.32. The second-order valence-electron chi connectivity index (χ2n) is 13.4. The minimum atomic E-state index is -4.72. The van der Waals surface area contributed by atoms with Crippen molar-refractivity contribution < 1.29 is 47.5 Å². The summed E-state index contributed by atoms with van der Waals surface area (Å²) < 4.78 is 32.6. The summed E-state index contributed by atoms with van der Waals surface area (Å²) in [7, 11) is -4.72. The molecule has 0 heterocycles. The van der Waals surface area contributed by atoms with Gasteiger partial charge in [0, 0.05) is 12.8 Å². The average molecular weight is 782 g/mol. The summed E-state index contributed by atoms with van der Waals surface area (Å²) in [5, 5.41) is 8.87. The van der Waals surface area contributed by atoms with E-state index in [0.29, 0.717) is 12.8 Å². The van der Waals surface area contributed by atoms with Gasteiger partial charge in [-0.05, 0) is 77.0 Å². The molecule has 3 atom stereocenters. The van der Waals surface area contributed by atoms with Crippen LogP contribution < -0.4 is 5.73 Å². The second kappa shape index (κ2) is 37.1. The van der Waals surface area contributed by atoms with Gasteiger partial charge in [0.25, 0.3) is 0 Å². The third-order valence-corrected chi connectivity index (χ3v) is 9.20. The van der Waals surface area contributed by atoms with Crippen molar-refractivity contribution in [1.29, 1.82) is 0 Å². The number of ether oxygens (including phenoxy) is 2. The second-order valence-corrected chi connectivity index (χ2v) is 14.8. The first-order valence-electron chi connectivity index (χ1n) is 20.3. The monoisotopic (exact) mass is 781 g/mol. The Morgan fingerprint density at radius 2 is 1.04 bits per heavy atom. The fourth-order valence-electron chi connectivity index (χ4n) is 5.05. The van der Waals surface area contributed by atoms with Crippen LogP contribution in [0.25, 0.3) is 0 Å². The first-order valence-corrected chi connectivity index (χ1v) is 21.8. The van der Waals surface area contributed by atoms with Crippen molar-refractivity contribution in [3.05, 3.63) is 60.8 Å². The molecule has 0 aromatic rings. The number of phosphoric acid groups is 1. The van der Waals surface area contributed by atoms with Crippen molar-refractivity contribution in [2.75, 3.05) is 19.8 Å². The molecule has 0 aliphatic rings. The Labute approximate surface area is 326 Å². The zero-order valence-corrected chi connectivity index (χ0v) is 34.2. The van der Waals surface area contributed by atoms with E-state index >= 15 is 0 Å². The molecule has 4 N–H and O–H groups in total. The summed E-state index contributed by atoms with van der Waals surface area (Å²) in [4.78, 5) is 45.9. The first-order chi connectivity index (χ1) is 26.1. The number of unbranched alkanes of at least 4 members (excludes halogenated alkanes) is 13. The number of phosphoric ester groups is 1. The minimum Gasteiger partial charge on any atom is -0.480 e. The molecule has 11 nitrogen and oxygen atoms in total. The number of carbonyl (C=O) groups excluding carboxylic acids is 2. The van der Waals surface area contributed by atoms with Gasteiger partial charge in [0.2, 0.25) is 0 Å². The Morgan fingerprint density at radius 3 is 1.56 bits per heavy atom. The van der Waals surface area contributed by atoms with Crippen LogP contribution in [0.3, 0.4) is 0 Å². The number of aliphatic carboxylic acids is 1. The molecule has 0 aromatic carbocycles. The summed E-state index contributed by atoms with van der Waals surface area (Å²) in [6.45, 7) is 2.61. The normalized spacial score (nSPS) is 14.4. The average Bonchev–Trinajstić information content (AvgIpc) is 3.14. The molecule has 0 spiro atoms. The van der Waals surface area contributed by atoms with Crippen molar-refractivity contribution >= 4 is 25.7 Å². The van der Waals surface area contributed by atoms with E-state index < -0.39 is 51.1 Å². The number of carboxylic acid groups (broad SMARTS) is 1. The van der Waals surface area contributed by atoms with Gasteiger partial charge < -0.3 is 25.2 Å². The maximum atomic E-state index is 12.6. The highest BCUT2D eigenvalue weighted by Gasteiger charge is 2.28. The van der Waals surface area contributed by atoms with Crippen molar-refractivity contribution in [2.24, 2.45) is 5.73 Å². The van der Waals surface area contributed by atoms with Crippen LogP contribution in [0, 0.1) is 0 Å². The number of carboxylic acids is 1. The zero-order valence-electron chi connectivity index (χ0n) is 33.3. The van der Waals surface area contributed by atoms with Gasteiger partial charge in [0.15, 0.2) is 6.10 Å². The quantitative estimate of drug-likeness (QED) is 0.0237. The number of esters is 2. The van der Waals surface area contributed by atoms with Crippen LogP contribution in [0.15, 0.2) is 60.8 Å². The van der Waals surface area contributed by atoms with Crippen LogP contribution in [0.5, 0.6) is 0 Å². The lowest BCUT2D eigenvalue weighted by molar-refractivity contribution is -0.161. The maximum Gasteiger partial charge on any atom is 0.472 e. The van der Waals surface area contributed by atoms with Crippen LogP contribution in [0.1, 0.15) is 155 Å². The lowest BCUT2D eigenvalue weighted by Gasteiger charge is -2.20. The van der Waals surface area contributed by atoms with E-state index in [4.69, 9.17) is 24.8 Å². The molecule has 0 saturated carbocycles. The smallest absolute Gasteiger partial charge is 0.472 e. The molecule has 54 heavy (non-hydrogen) atoms. The molecule has 0 aliphatic carbocycles.